The molecule has 0 fully saturated rings. The zero-order valence-electron chi connectivity index (χ0n) is 15.5. The standard InChI is InChI=1S/C21H16N4O3S/c1-13-16(10-22)18(25(24-13)15-5-3-2-4-6-15)11-28-21(27)14-7-8-19-17(9-14)23-20(26)12-29-19/h2-9H,11-12H2,1H3,(H,23,26). The molecule has 3 aromatic rings. The first-order valence-corrected chi connectivity index (χ1v) is 9.83. The fraction of sp³-hybridized carbons (Fsp3) is 0.143. The number of para-hydroxylation sites is 1. The molecule has 0 bridgehead atoms. The van der Waals surface area contributed by atoms with Crippen molar-refractivity contribution in [2.75, 3.05) is 11.1 Å². The first kappa shape index (κ1) is 18.8. The van der Waals surface area contributed by atoms with Crippen LogP contribution in [0.25, 0.3) is 5.69 Å². The molecule has 0 aliphatic carbocycles. The van der Waals surface area contributed by atoms with Crippen molar-refractivity contribution in [1.29, 1.82) is 5.26 Å². The van der Waals surface area contributed by atoms with E-state index in [9.17, 15) is 14.9 Å². The smallest absolute Gasteiger partial charge is 0.338 e. The maximum absolute atomic E-state index is 12.6. The topological polar surface area (TPSA) is 97.0 Å². The van der Waals surface area contributed by atoms with Crippen molar-refractivity contribution >= 4 is 29.3 Å². The number of hydrogen-bond acceptors (Lipinski definition) is 6. The van der Waals surface area contributed by atoms with E-state index in [0.29, 0.717) is 34.0 Å². The Balaban J connectivity index is 1.58. The summed E-state index contributed by atoms with van der Waals surface area (Å²) >= 11 is 1.42. The van der Waals surface area contributed by atoms with E-state index in [1.807, 2.05) is 30.3 Å². The van der Waals surface area contributed by atoms with Crippen molar-refractivity contribution < 1.29 is 14.3 Å². The Labute approximate surface area is 171 Å². The van der Waals surface area contributed by atoms with Gasteiger partial charge in [0.1, 0.15) is 18.2 Å². The van der Waals surface area contributed by atoms with Gasteiger partial charge in [-0.25, -0.2) is 9.48 Å². The summed E-state index contributed by atoms with van der Waals surface area (Å²) in [7, 11) is 0. The largest absolute Gasteiger partial charge is 0.456 e. The Morgan fingerprint density at radius 2 is 2.10 bits per heavy atom. The number of nitriles is 1. The summed E-state index contributed by atoms with van der Waals surface area (Å²) in [5, 5.41) is 16.7. The third-order valence-corrected chi connectivity index (χ3v) is 5.53. The molecule has 1 aliphatic heterocycles. The van der Waals surface area contributed by atoms with E-state index in [4.69, 9.17) is 4.74 Å². The van der Waals surface area contributed by atoms with Crippen LogP contribution in [0, 0.1) is 18.3 Å². The third kappa shape index (κ3) is 3.73. The number of nitrogens with zero attached hydrogens (tertiary/aromatic N) is 3. The van der Waals surface area contributed by atoms with Gasteiger partial charge in [0.15, 0.2) is 0 Å². The summed E-state index contributed by atoms with van der Waals surface area (Å²) in [6.45, 7) is 1.64. The fourth-order valence-electron chi connectivity index (χ4n) is 3.06. The zero-order chi connectivity index (χ0) is 20.4. The zero-order valence-corrected chi connectivity index (χ0v) is 16.3. The average Bonchev–Trinajstić information content (AvgIpc) is 3.07. The van der Waals surface area contributed by atoms with E-state index in [1.165, 1.54) is 11.8 Å². The van der Waals surface area contributed by atoms with Gasteiger partial charge in [0, 0.05) is 4.90 Å². The summed E-state index contributed by atoms with van der Waals surface area (Å²) in [4.78, 5) is 25.1. The van der Waals surface area contributed by atoms with Crippen LogP contribution in [0.2, 0.25) is 0 Å². The molecule has 144 valence electrons. The molecule has 29 heavy (non-hydrogen) atoms. The van der Waals surface area contributed by atoms with Crippen LogP contribution >= 0.6 is 11.8 Å². The average molecular weight is 404 g/mol. The number of aryl methyl sites for hydroxylation is 1. The van der Waals surface area contributed by atoms with Crippen LogP contribution in [0.15, 0.2) is 53.4 Å². The minimum atomic E-state index is -0.542. The summed E-state index contributed by atoms with van der Waals surface area (Å²) in [5.74, 6) is -0.287. The monoisotopic (exact) mass is 404 g/mol. The van der Waals surface area contributed by atoms with E-state index in [2.05, 4.69) is 16.5 Å². The van der Waals surface area contributed by atoms with Crippen molar-refractivity contribution in [3.05, 3.63) is 71.0 Å². The summed E-state index contributed by atoms with van der Waals surface area (Å²) in [5.41, 5.74) is 3.16. The molecule has 7 nitrogen and oxygen atoms in total. The van der Waals surface area contributed by atoms with Gasteiger partial charge in [0.05, 0.1) is 34.1 Å². The number of ether oxygens (including phenoxy) is 1. The summed E-state index contributed by atoms with van der Waals surface area (Å²) in [6.07, 6.45) is 0. The Bertz CT molecular complexity index is 1150. The van der Waals surface area contributed by atoms with E-state index >= 15 is 0 Å². The van der Waals surface area contributed by atoms with E-state index < -0.39 is 5.97 Å². The number of benzene rings is 2. The molecular formula is C21H16N4O3S. The van der Waals surface area contributed by atoms with Crippen LogP contribution in [0.1, 0.15) is 27.3 Å². The number of anilines is 1. The molecular weight excluding hydrogens is 388 g/mol. The van der Waals surface area contributed by atoms with Gasteiger partial charge >= 0.3 is 5.97 Å². The number of carbonyl (C=O) groups is 2. The number of hydrogen-bond donors (Lipinski definition) is 1. The molecule has 0 atom stereocenters. The van der Waals surface area contributed by atoms with Gasteiger partial charge in [-0.05, 0) is 37.3 Å². The van der Waals surface area contributed by atoms with Gasteiger partial charge in [-0.1, -0.05) is 18.2 Å². The predicted molar refractivity (Wildman–Crippen MR) is 108 cm³/mol. The molecule has 4 rings (SSSR count). The van der Waals surface area contributed by atoms with Crippen molar-refractivity contribution in [3.8, 4) is 11.8 Å². The van der Waals surface area contributed by atoms with Gasteiger partial charge in [0.2, 0.25) is 5.91 Å². The van der Waals surface area contributed by atoms with E-state index in [-0.39, 0.29) is 12.5 Å². The van der Waals surface area contributed by atoms with Crippen LogP contribution in [-0.4, -0.2) is 27.4 Å². The summed E-state index contributed by atoms with van der Waals surface area (Å²) in [6, 6.07) is 16.5. The highest BCUT2D eigenvalue weighted by Crippen LogP contribution is 2.32. The molecule has 0 unspecified atom stereocenters. The van der Waals surface area contributed by atoms with E-state index in [0.717, 1.165) is 10.6 Å². The Kier molecular flexibility index (Phi) is 5.06. The number of nitrogens with one attached hydrogen (secondary N) is 1. The number of carbonyl (C=O) groups excluding carboxylic acids is 2. The van der Waals surface area contributed by atoms with Crippen LogP contribution in [0.5, 0.6) is 0 Å². The lowest BCUT2D eigenvalue weighted by Gasteiger charge is -2.16. The van der Waals surface area contributed by atoms with Gasteiger partial charge in [-0.2, -0.15) is 10.4 Å². The van der Waals surface area contributed by atoms with E-state index in [1.54, 1.807) is 29.8 Å². The van der Waals surface area contributed by atoms with Gasteiger partial charge in [0.25, 0.3) is 0 Å². The molecule has 0 saturated carbocycles. The van der Waals surface area contributed by atoms with Gasteiger partial charge in [-0.3, -0.25) is 4.79 Å². The number of thioether (sulfide) groups is 1. The highest BCUT2D eigenvalue weighted by atomic mass is 32.2. The van der Waals surface area contributed by atoms with Crippen molar-refractivity contribution in [2.24, 2.45) is 0 Å². The quantitative estimate of drug-likeness (QED) is 0.669. The Hall–Kier alpha value is -3.57. The van der Waals surface area contributed by atoms with Crippen molar-refractivity contribution in [2.45, 2.75) is 18.4 Å². The van der Waals surface area contributed by atoms with Crippen LogP contribution in [0.3, 0.4) is 0 Å². The minimum Gasteiger partial charge on any atom is -0.456 e. The van der Waals surface area contributed by atoms with Crippen molar-refractivity contribution in [1.82, 2.24) is 9.78 Å². The van der Waals surface area contributed by atoms with Crippen LogP contribution < -0.4 is 5.32 Å². The molecule has 0 spiro atoms. The second-order valence-corrected chi connectivity index (χ2v) is 7.41. The molecule has 0 saturated heterocycles. The molecule has 1 N–H and O–H groups in total. The number of esters is 1. The highest BCUT2D eigenvalue weighted by Gasteiger charge is 2.20. The molecule has 1 amide bonds. The lowest BCUT2D eigenvalue weighted by atomic mass is 10.2. The number of rotatable bonds is 4. The lowest BCUT2D eigenvalue weighted by molar-refractivity contribution is -0.113. The fourth-order valence-corrected chi connectivity index (χ4v) is 3.85. The van der Waals surface area contributed by atoms with Crippen LogP contribution in [0.4, 0.5) is 5.69 Å². The molecule has 1 aromatic heterocycles. The predicted octanol–water partition coefficient (Wildman–Crippen LogP) is 3.45. The normalized spacial score (nSPS) is 12.6. The Morgan fingerprint density at radius 3 is 2.86 bits per heavy atom. The minimum absolute atomic E-state index is 0.102. The molecule has 8 heteroatoms. The third-order valence-electron chi connectivity index (χ3n) is 4.46. The molecule has 0 radical (unpaired) electrons. The second kappa shape index (κ2) is 7.81. The maximum atomic E-state index is 12.6. The lowest BCUT2D eigenvalue weighted by Crippen LogP contribution is -2.19. The molecule has 1 aliphatic rings. The first-order chi connectivity index (χ1) is 14.1. The first-order valence-electron chi connectivity index (χ1n) is 8.84. The maximum Gasteiger partial charge on any atom is 0.338 e. The number of amides is 1. The highest BCUT2D eigenvalue weighted by molar-refractivity contribution is 8.00. The van der Waals surface area contributed by atoms with Gasteiger partial charge in [-0.15, -0.1) is 11.8 Å². The van der Waals surface area contributed by atoms with Crippen molar-refractivity contribution in [3.63, 3.8) is 0 Å². The summed E-state index contributed by atoms with van der Waals surface area (Å²) < 4.78 is 7.10. The SMILES string of the molecule is Cc1nn(-c2ccccc2)c(COC(=O)c2ccc3c(c2)NC(=O)CS3)c1C#N. The molecule has 2 aromatic carbocycles. The van der Waals surface area contributed by atoms with Crippen LogP contribution in [-0.2, 0) is 16.1 Å². The number of fused-ring (bicyclic) bond motifs is 1. The Morgan fingerprint density at radius 1 is 1.31 bits per heavy atom. The second-order valence-electron chi connectivity index (χ2n) is 6.39. The number of aromatic nitrogens is 2. The molecule has 2 heterocycles. The van der Waals surface area contributed by atoms with Gasteiger partial charge < -0.3 is 10.1 Å².